The fourth-order valence-corrected chi connectivity index (χ4v) is 2.20. The maximum atomic E-state index is 10.9. The van der Waals surface area contributed by atoms with Crippen molar-refractivity contribution in [1.82, 2.24) is 4.98 Å². The first kappa shape index (κ1) is 15.1. The van der Waals surface area contributed by atoms with Gasteiger partial charge in [-0.3, -0.25) is 10.1 Å². The molecule has 0 aliphatic carbocycles. The van der Waals surface area contributed by atoms with Gasteiger partial charge >= 0.3 is 5.69 Å². The van der Waals surface area contributed by atoms with E-state index in [4.69, 9.17) is 9.47 Å². The van der Waals surface area contributed by atoms with E-state index in [0.29, 0.717) is 24.2 Å². The number of aromatic nitrogens is 1. The molecule has 0 bridgehead atoms. The number of halogens is 1. The number of nitrogens with zero attached hydrogens (tertiary/aromatic N) is 2. The Labute approximate surface area is 124 Å². The van der Waals surface area contributed by atoms with Gasteiger partial charge in [0.25, 0.3) is 0 Å². The van der Waals surface area contributed by atoms with Crippen molar-refractivity contribution in [1.29, 1.82) is 0 Å². The maximum Gasteiger partial charge on any atom is 0.312 e. The highest BCUT2D eigenvalue weighted by Gasteiger charge is 2.16. The molecule has 0 radical (unpaired) electrons. The Morgan fingerprint density at radius 3 is 3.20 bits per heavy atom. The number of hydrogen-bond donors (Lipinski definition) is 1. The van der Waals surface area contributed by atoms with E-state index in [2.05, 4.69) is 26.2 Å². The van der Waals surface area contributed by atoms with Crippen molar-refractivity contribution in [2.45, 2.75) is 18.9 Å². The summed E-state index contributed by atoms with van der Waals surface area (Å²) < 4.78 is 11.4. The van der Waals surface area contributed by atoms with Crippen molar-refractivity contribution in [2.75, 3.05) is 31.7 Å². The van der Waals surface area contributed by atoms with Gasteiger partial charge in [0.15, 0.2) is 0 Å². The zero-order valence-corrected chi connectivity index (χ0v) is 12.5. The van der Waals surface area contributed by atoms with E-state index in [1.54, 1.807) is 0 Å². The summed E-state index contributed by atoms with van der Waals surface area (Å²) in [5.74, 6) is 0.280. The smallest absolute Gasteiger partial charge is 0.312 e. The van der Waals surface area contributed by atoms with Gasteiger partial charge in [0.05, 0.1) is 17.6 Å². The number of nitrogens with one attached hydrogen (secondary N) is 1. The van der Waals surface area contributed by atoms with Crippen LogP contribution in [0, 0.1) is 10.1 Å². The Morgan fingerprint density at radius 1 is 1.65 bits per heavy atom. The summed E-state index contributed by atoms with van der Waals surface area (Å²) in [6, 6.07) is 1.43. The van der Waals surface area contributed by atoms with Crippen molar-refractivity contribution < 1.29 is 14.4 Å². The highest BCUT2D eigenvalue weighted by molar-refractivity contribution is 9.10. The summed E-state index contributed by atoms with van der Waals surface area (Å²) in [7, 11) is 0. The molecule has 1 aromatic heterocycles. The maximum absolute atomic E-state index is 10.9. The molecule has 1 aliphatic heterocycles. The Balaban J connectivity index is 1.74. The van der Waals surface area contributed by atoms with E-state index in [1.807, 2.05) is 0 Å². The monoisotopic (exact) mass is 345 g/mol. The lowest BCUT2D eigenvalue weighted by atomic mass is 10.3. The molecule has 2 rings (SSSR count). The predicted octanol–water partition coefficient (Wildman–Crippen LogP) is 2.36. The molecule has 0 saturated carbocycles. The molecule has 0 spiro atoms. The van der Waals surface area contributed by atoms with E-state index >= 15 is 0 Å². The topological polar surface area (TPSA) is 86.5 Å². The van der Waals surface area contributed by atoms with Crippen LogP contribution >= 0.6 is 15.9 Å². The van der Waals surface area contributed by atoms with E-state index in [0.717, 1.165) is 19.4 Å². The van der Waals surface area contributed by atoms with Gasteiger partial charge in [-0.1, -0.05) is 0 Å². The third-order valence-electron chi connectivity index (χ3n) is 2.89. The number of ether oxygens (including phenoxy) is 2. The molecule has 2 heterocycles. The number of anilines is 1. The van der Waals surface area contributed by atoms with Crippen molar-refractivity contribution in [3.05, 3.63) is 26.9 Å². The highest BCUT2D eigenvalue weighted by Crippen LogP contribution is 2.25. The quantitative estimate of drug-likeness (QED) is 0.463. The fraction of sp³-hybridized carbons (Fsp3) is 0.583. The molecule has 1 saturated heterocycles. The van der Waals surface area contributed by atoms with Gasteiger partial charge in [0, 0.05) is 36.5 Å². The summed E-state index contributed by atoms with van der Waals surface area (Å²) in [6.07, 6.45) is 3.41. The normalized spacial score (nSPS) is 18.1. The zero-order valence-electron chi connectivity index (χ0n) is 10.9. The Morgan fingerprint density at radius 2 is 2.50 bits per heavy atom. The molecule has 1 aromatic rings. The first-order valence-electron chi connectivity index (χ1n) is 6.40. The molecule has 0 aromatic carbocycles. The average molecular weight is 346 g/mol. The van der Waals surface area contributed by atoms with Crippen LogP contribution in [-0.2, 0) is 9.47 Å². The van der Waals surface area contributed by atoms with Crippen LogP contribution < -0.4 is 5.32 Å². The van der Waals surface area contributed by atoms with E-state index in [-0.39, 0.29) is 17.6 Å². The fourth-order valence-electron chi connectivity index (χ4n) is 1.88. The standard InChI is InChI=1S/C12H16BrN3O4/c13-9-6-11(16(17)18)12(15-7-9)14-3-1-4-20-10-2-5-19-8-10/h6-7,10H,1-5,8H2,(H,14,15)/t10-/m1/s1. The summed E-state index contributed by atoms with van der Waals surface area (Å²) in [5.41, 5.74) is -0.0375. The second-order valence-electron chi connectivity index (χ2n) is 4.42. The van der Waals surface area contributed by atoms with Gasteiger partial charge in [-0.25, -0.2) is 4.98 Å². The van der Waals surface area contributed by atoms with Crippen molar-refractivity contribution >= 4 is 27.4 Å². The first-order valence-corrected chi connectivity index (χ1v) is 7.19. The third kappa shape index (κ3) is 4.39. The molecule has 0 amide bonds. The molecule has 1 N–H and O–H groups in total. The van der Waals surface area contributed by atoms with E-state index in [9.17, 15) is 10.1 Å². The van der Waals surface area contributed by atoms with Crippen LogP contribution in [0.3, 0.4) is 0 Å². The van der Waals surface area contributed by atoms with Crippen LogP contribution in [0.1, 0.15) is 12.8 Å². The highest BCUT2D eigenvalue weighted by atomic mass is 79.9. The molecular formula is C12H16BrN3O4. The SMILES string of the molecule is O=[N+]([O-])c1cc(Br)cnc1NCCCO[C@@H]1CCOC1. The van der Waals surface area contributed by atoms with Crippen LogP contribution in [0.5, 0.6) is 0 Å². The van der Waals surface area contributed by atoms with Gasteiger partial charge in [-0.05, 0) is 28.8 Å². The van der Waals surface area contributed by atoms with Crippen LogP contribution in [0.25, 0.3) is 0 Å². The number of pyridine rings is 1. The summed E-state index contributed by atoms with van der Waals surface area (Å²) >= 11 is 3.17. The Hall–Kier alpha value is -1.25. The van der Waals surface area contributed by atoms with Gasteiger partial charge < -0.3 is 14.8 Å². The van der Waals surface area contributed by atoms with Crippen LogP contribution in [-0.4, -0.2) is 42.4 Å². The van der Waals surface area contributed by atoms with Crippen molar-refractivity contribution in [2.24, 2.45) is 0 Å². The molecule has 110 valence electrons. The lowest BCUT2D eigenvalue weighted by molar-refractivity contribution is -0.384. The van der Waals surface area contributed by atoms with E-state index < -0.39 is 4.92 Å². The second kappa shape index (κ2) is 7.51. The Kier molecular flexibility index (Phi) is 5.69. The van der Waals surface area contributed by atoms with Gasteiger partial charge in [0.2, 0.25) is 5.82 Å². The Bertz CT molecular complexity index is 466. The number of hydrogen-bond acceptors (Lipinski definition) is 6. The van der Waals surface area contributed by atoms with Crippen LogP contribution in [0.2, 0.25) is 0 Å². The summed E-state index contributed by atoms with van der Waals surface area (Å²) in [5, 5.41) is 13.9. The van der Waals surface area contributed by atoms with Gasteiger partial charge in [0.1, 0.15) is 0 Å². The summed E-state index contributed by atoms with van der Waals surface area (Å²) in [6.45, 7) is 2.60. The van der Waals surface area contributed by atoms with Crippen molar-refractivity contribution in [3.8, 4) is 0 Å². The first-order chi connectivity index (χ1) is 9.66. The van der Waals surface area contributed by atoms with Gasteiger partial charge in [-0.2, -0.15) is 0 Å². The number of rotatable bonds is 7. The minimum atomic E-state index is -0.452. The minimum Gasteiger partial charge on any atom is -0.379 e. The molecule has 7 nitrogen and oxygen atoms in total. The average Bonchev–Trinajstić information content (AvgIpc) is 2.92. The van der Waals surface area contributed by atoms with Crippen LogP contribution in [0.4, 0.5) is 11.5 Å². The second-order valence-corrected chi connectivity index (χ2v) is 5.33. The van der Waals surface area contributed by atoms with Gasteiger partial charge in [-0.15, -0.1) is 0 Å². The predicted molar refractivity (Wildman–Crippen MR) is 76.9 cm³/mol. The minimum absolute atomic E-state index is 0.0375. The lowest BCUT2D eigenvalue weighted by Gasteiger charge is -2.10. The largest absolute Gasteiger partial charge is 0.379 e. The molecule has 20 heavy (non-hydrogen) atoms. The molecule has 1 atom stereocenters. The number of nitro groups is 1. The van der Waals surface area contributed by atoms with Crippen LogP contribution in [0.15, 0.2) is 16.7 Å². The molecule has 8 heteroatoms. The zero-order chi connectivity index (χ0) is 14.4. The lowest BCUT2D eigenvalue weighted by Crippen LogP contribution is -2.15. The molecule has 1 fully saturated rings. The molecule has 1 aliphatic rings. The molecular weight excluding hydrogens is 330 g/mol. The third-order valence-corrected chi connectivity index (χ3v) is 3.32. The van der Waals surface area contributed by atoms with Crippen molar-refractivity contribution in [3.63, 3.8) is 0 Å². The van der Waals surface area contributed by atoms with E-state index in [1.165, 1.54) is 12.3 Å². The summed E-state index contributed by atoms with van der Waals surface area (Å²) in [4.78, 5) is 14.5. The molecule has 0 unspecified atom stereocenters.